The lowest BCUT2D eigenvalue weighted by atomic mass is 10.0. The van der Waals surface area contributed by atoms with Crippen molar-refractivity contribution in [2.24, 2.45) is 0 Å². The summed E-state index contributed by atoms with van der Waals surface area (Å²) in [5.74, 6) is 0.611. The fraction of sp³-hybridized carbons (Fsp3) is 0.350. The molecule has 4 heterocycles. The molecule has 1 unspecified atom stereocenters. The molecule has 3 aromatic heterocycles. The molecule has 5 rings (SSSR count). The number of benzene rings is 1. The van der Waals surface area contributed by atoms with Crippen molar-refractivity contribution in [1.82, 2.24) is 19.7 Å². The van der Waals surface area contributed by atoms with Gasteiger partial charge in [0.25, 0.3) is 0 Å². The number of ether oxygens (including phenoxy) is 1. The smallest absolute Gasteiger partial charge is 0.124 e. The highest BCUT2D eigenvalue weighted by Gasteiger charge is 2.26. The average molecular weight is 366 g/mol. The normalized spacial score (nSPS) is 20.5. The molecule has 0 bridgehead atoms. The summed E-state index contributed by atoms with van der Waals surface area (Å²) in [6.07, 6.45) is 5.82. The summed E-state index contributed by atoms with van der Waals surface area (Å²) in [5.41, 5.74) is 3.27. The van der Waals surface area contributed by atoms with E-state index in [-0.39, 0.29) is 18.0 Å². The van der Waals surface area contributed by atoms with Crippen LogP contribution in [0, 0.1) is 5.82 Å². The number of imidazole rings is 1. The van der Waals surface area contributed by atoms with Crippen molar-refractivity contribution >= 4 is 21.9 Å². The van der Waals surface area contributed by atoms with Gasteiger partial charge in [-0.3, -0.25) is 4.98 Å². The molecule has 0 amide bonds. The van der Waals surface area contributed by atoms with Crippen LogP contribution in [0.2, 0.25) is 0 Å². The van der Waals surface area contributed by atoms with Crippen molar-refractivity contribution in [2.75, 3.05) is 6.61 Å². The molecule has 0 aliphatic carbocycles. The molecule has 4 aromatic rings. The van der Waals surface area contributed by atoms with Crippen LogP contribution in [-0.2, 0) is 11.2 Å². The lowest BCUT2D eigenvalue weighted by molar-refractivity contribution is 0.00630. The first kappa shape index (κ1) is 16.4. The van der Waals surface area contributed by atoms with Crippen LogP contribution in [0.25, 0.3) is 21.9 Å². The molecule has 1 fully saturated rings. The van der Waals surface area contributed by atoms with E-state index in [0.717, 1.165) is 46.3 Å². The van der Waals surface area contributed by atoms with E-state index in [1.165, 1.54) is 6.07 Å². The van der Waals surface area contributed by atoms with Crippen LogP contribution < -0.4 is 0 Å². The van der Waals surface area contributed by atoms with Gasteiger partial charge in [-0.05, 0) is 38.0 Å². The van der Waals surface area contributed by atoms with Gasteiger partial charge < -0.3 is 13.8 Å². The van der Waals surface area contributed by atoms with Crippen LogP contribution in [0.1, 0.15) is 37.3 Å². The summed E-state index contributed by atoms with van der Waals surface area (Å²) in [4.78, 5) is 9.28. The van der Waals surface area contributed by atoms with E-state index in [1.807, 2.05) is 6.07 Å². The number of pyridine rings is 1. The molecule has 1 saturated heterocycles. The predicted octanol–water partition coefficient (Wildman–Crippen LogP) is 4.04. The Bertz CT molecular complexity index is 1110. The van der Waals surface area contributed by atoms with Gasteiger partial charge in [-0.15, -0.1) is 0 Å². The van der Waals surface area contributed by atoms with Crippen molar-refractivity contribution in [3.05, 3.63) is 54.1 Å². The maximum atomic E-state index is 14.0. The second kappa shape index (κ2) is 6.42. The maximum Gasteiger partial charge on any atom is 0.124 e. The SMILES string of the molecule is C[C@@H]1CC(n2c(Cc3ccon3)nc3cnc4ccc(F)cc4c32)CCO1. The fourth-order valence-electron chi connectivity index (χ4n) is 4.01. The molecule has 0 radical (unpaired) electrons. The number of rotatable bonds is 3. The molecule has 0 saturated carbocycles. The Morgan fingerprint density at radius 2 is 2.19 bits per heavy atom. The predicted molar refractivity (Wildman–Crippen MR) is 98.0 cm³/mol. The van der Waals surface area contributed by atoms with E-state index >= 15 is 0 Å². The molecular weight excluding hydrogens is 347 g/mol. The lowest BCUT2D eigenvalue weighted by Crippen LogP contribution is -2.26. The third-order valence-electron chi connectivity index (χ3n) is 5.20. The second-order valence-electron chi connectivity index (χ2n) is 7.08. The average Bonchev–Trinajstić information content (AvgIpc) is 3.29. The minimum atomic E-state index is -0.275. The van der Waals surface area contributed by atoms with Gasteiger partial charge in [0.2, 0.25) is 0 Å². The molecule has 7 heteroatoms. The molecule has 138 valence electrons. The number of fused-ring (bicyclic) bond motifs is 3. The highest BCUT2D eigenvalue weighted by atomic mass is 19.1. The Morgan fingerprint density at radius 1 is 1.26 bits per heavy atom. The first-order valence-electron chi connectivity index (χ1n) is 9.15. The largest absolute Gasteiger partial charge is 0.378 e. The summed E-state index contributed by atoms with van der Waals surface area (Å²) in [6, 6.07) is 6.77. The number of aromatic nitrogens is 4. The van der Waals surface area contributed by atoms with E-state index in [1.54, 1.807) is 24.6 Å². The van der Waals surface area contributed by atoms with Crippen LogP contribution in [0.4, 0.5) is 4.39 Å². The monoisotopic (exact) mass is 366 g/mol. The minimum Gasteiger partial charge on any atom is -0.378 e. The lowest BCUT2D eigenvalue weighted by Gasteiger charge is -2.30. The zero-order chi connectivity index (χ0) is 18.4. The zero-order valence-electron chi connectivity index (χ0n) is 14.9. The number of hydrogen-bond acceptors (Lipinski definition) is 5. The number of nitrogens with zero attached hydrogens (tertiary/aromatic N) is 4. The molecule has 0 spiro atoms. The van der Waals surface area contributed by atoms with Crippen LogP contribution in [-0.4, -0.2) is 32.4 Å². The Balaban J connectivity index is 1.76. The van der Waals surface area contributed by atoms with Gasteiger partial charge in [-0.25, -0.2) is 9.37 Å². The van der Waals surface area contributed by atoms with Gasteiger partial charge in [-0.2, -0.15) is 0 Å². The van der Waals surface area contributed by atoms with E-state index < -0.39 is 0 Å². The Labute approximate surface area is 155 Å². The fourth-order valence-corrected chi connectivity index (χ4v) is 4.01. The quantitative estimate of drug-likeness (QED) is 0.547. The van der Waals surface area contributed by atoms with Crippen LogP contribution in [0.5, 0.6) is 0 Å². The van der Waals surface area contributed by atoms with Gasteiger partial charge in [0.15, 0.2) is 0 Å². The topological polar surface area (TPSA) is 66.0 Å². The standard InChI is InChI=1S/C20H19FN4O2/c1-12-8-15(5-6-26-12)25-19(10-14-4-7-27-24-14)23-18-11-22-17-3-2-13(21)9-16(17)20(18)25/h2-4,7,9,11-12,15H,5-6,8,10H2,1H3/t12-,15?/m1/s1. The van der Waals surface area contributed by atoms with Crippen molar-refractivity contribution in [3.8, 4) is 0 Å². The third kappa shape index (κ3) is 2.88. The highest BCUT2D eigenvalue weighted by Crippen LogP contribution is 2.34. The minimum absolute atomic E-state index is 0.172. The van der Waals surface area contributed by atoms with Gasteiger partial charge in [-0.1, -0.05) is 5.16 Å². The van der Waals surface area contributed by atoms with Gasteiger partial charge in [0.05, 0.1) is 35.4 Å². The zero-order valence-corrected chi connectivity index (χ0v) is 14.9. The summed E-state index contributed by atoms with van der Waals surface area (Å²) in [6.45, 7) is 2.79. The van der Waals surface area contributed by atoms with E-state index in [9.17, 15) is 4.39 Å². The number of halogens is 1. The maximum absolute atomic E-state index is 14.0. The highest BCUT2D eigenvalue weighted by molar-refractivity contribution is 6.02. The van der Waals surface area contributed by atoms with Crippen LogP contribution in [0.15, 0.2) is 41.2 Å². The molecule has 27 heavy (non-hydrogen) atoms. The Kier molecular flexibility index (Phi) is 3.89. The Hall–Kier alpha value is -2.80. The summed E-state index contributed by atoms with van der Waals surface area (Å²) < 4.78 is 27.0. The molecule has 1 aliphatic rings. The Morgan fingerprint density at radius 3 is 3.00 bits per heavy atom. The first-order chi connectivity index (χ1) is 13.2. The van der Waals surface area contributed by atoms with Crippen molar-refractivity contribution < 1.29 is 13.7 Å². The van der Waals surface area contributed by atoms with E-state index in [2.05, 4.69) is 21.6 Å². The molecular formula is C20H19FN4O2. The summed E-state index contributed by atoms with van der Waals surface area (Å²) >= 11 is 0. The third-order valence-corrected chi connectivity index (χ3v) is 5.20. The van der Waals surface area contributed by atoms with Crippen molar-refractivity contribution in [1.29, 1.82) is 0 Å². The molecule has 1 aliphatic heterocycles. The summed E-state index contributed by atoms with van der Waals surface area (Å²) in [5, 5.41) is 4.81. The molecule has 1 aromatic carbocycles. The van der Waals surface area contributed by atoms with Crippen LogP contribution in [0.3, 0.4) is 0 Å². The first-order valence-corrected chi connectivity index (χ1v) is 9.15. The van der Waals surface area contributed by atoms with Crippen molar-refractivity contribution in [3.63, 3.8) is 0 Å². The van der Waals surface area contributed by atoms with Gasteiger partial charge in [0, 0.05) is 24.1 Å². The van der Waals surface area contributed by atoms with E-state index in [0.29, 0.717) is 13.0 Å². The molecule has 0 N–H and O–H groups in total. The van der Waals surface area contributed by atoms with Crippen molar-refractivity contribution in [2.45, 2.75) is 38.3 Å². The second-order valence-corrected chi connectivity index (χ2v) is 7.08. The van der Waals surface area contributed by atoms with E-state index in [4.69, 9.17) is 14.2 Å². The van der Waals surface area contributed by atoms with Crippen LogP contribution >= 0.6 is 0 Å². The molecule has 6 nitrogen and oxygen atoms in total. The van der Waals surface area contributed by atoms with Gasteiger partial charge in [0.1, 0.15) is 23.4 Å². The summed E-state index contributed by atoms with van der Waals surface area (Å²) in [7, 11) is 0. The van der Waals surface area contributed by atoms with Gasteiger partial charge >= 0.3 is 0 Å². The molecule has 2 atom stereocenters. The number of hydrogen-bond donors (Lipinski definition) is 0.